The Bertz CT molecular complexity index is 1290. The lowest BCUT2D eigenvalue weighted by Gasteiger charge is -2.20. The summed E-state index contributed by atoms with van der Waals surface area (Å²) in [6.07, 6.45) is 0. The SMILES string of the molecule is COc1cc(OC)c(NS(=O)(=O)c2ccc(C)c(C(=O)N(C)c3ccc(C)cc3)c2)cc1Cl. The molecule has 0 fully saturated rings. The number of ether oxygens (including phenoxy) is 2. The van der Waals surface area contributed by atoms with E-state index in [4.69, 9.17) is 21.1 Å². The van der Waals surface area contributed by atoms with Crippen LogP contribution in [0.3, 0.4) is 0 Å². The van der Waals surface area contributed by atoms with Crippen molar-refractivity contribution in [2.24, 2.45) is 0 Å². The standard InChI is InChI=1S/C24H25ClN2O5S/c1-15-6-9-17(10-7-15)27(3)24(28)19-12-18(11-8-16(19)2)33(29,30)26-21-13-20(25)22(31-4)14-23(21)32-5/h6-14,26H,1-5H3. The highest BCUT2D eigenvalue weighted by Gasteiger charge is 2.22. The molecule has 0 radical (unpaired) electrons. The average Bonchev–Trinajstić information content (AvgIpc) is 2.78. The van der Waals surface area contributed by atoms with E-state index in [9.17, 15) is 13.2 Å². The molecule has 7 nitrogen and oxygen atoms in total. The van der Waals surface area contributed by atoms with Gasteiger partial charge in [-0.3, -0.25) is 9.52 Å². The normalized spacial score (nSPS) is 11.1. The Morgan fingerprint density at radius 1 is 0.939 bits per heavy atom. The number of amides is 1. The molecule has 1 N–H and O–H groups in total. The second-order valence-electron chi connectivity index (χ2n) is 7.47. The smallest absolute Gasteiger partial charge is 0.262 e. The van der Waals surface area contributed by atoms with Gasteiger partial charge in [0.15, 0.2) is 0 Å². The molecule has 0 aliphatic carbocycles. The van der Waals surface area contributed by atoms with Crippen molar-refractivity contribution in [3.05, 3.63) is 76.3 Å². The fraction of sp³-hybridized carbons (Fsp3) is 0.208. The largest absolute Gasteiger partial charge is 0.495 e. The van der Waals surface area contributed by atoms with Crippen molar-refractivity contribution in [3.63, 3.8) is 0 Å². The summed E-state index contributed by atoms with van der Waals surface area (Å²) >= 11 is 6.16. The summed E-state index contributed by atoms with van der Waals surface area (Å²) in [7, 11) is 0.452. The Hall–Kier alpha value is -3.23. The minimum absolute atomic E-state index is 0.0669. The number of rotatable bonds is 7. The van der Waals surface area contributed by atoms with E-state index in [0.29, 0.717) is 17.0 Å². The summed E-state index contributed by atoms with van der Waals surface area (Å²) in [5.74, 6) is 0.264. The molecule has 0 saturated heterocycles. The van der Waals surface area contributed by atoms with Gasteiger partial charge in [-0.05, 0) is 49.7 Å². The van der Waals surface area contributed by atoms with Gasteiger partial charge < -0.3 is 14.4 Å². The van der Waals surface area contributed by atoms with Crippen LogP contribution in [0.4, 0.5) is 11.4 Å². The molecule has 0 heterocycles. The van der Waals surface area contributed by atoms with Crippen LogP contribution in [0.25, 0.3) is 0 Å². The molecule has 174 valence electrons. The van der Waals surface area contributed by atoms with Crippen molar-refractivity contribution in [1.82, 2.24) is 0 Å². The number of halogens is 1. The van der Waals surface area contributed by atoms with Crippen LogP contribution in [0.5, 0.6) is 11.5 Å². The number of sulfonamides is 1. The summed E-state index contributed by atoms with van der Waals surface area (Å²) in [5, 5.41) is 0.218. The van der Waals surface area contributed by atoms with Crippen molar-refractivity contribution in [1.29, 1.82) is 0 Å². The van der Waals surface area contributed by atoms with Gasteiger partial charge in [-0.2, -0.15) is 0 Å². The molecular formula is C24H25ClN2O5S. The molecule has 3 aromatic carbocycles. The average molecular weight is 489 g/mol. The Kier molecular flexibility index (Phi) is 7.19. The molecule has 3 rings (SSSR count). The molecule has 0 aromatic heterocycles. The lowest BCUT2D eigenvalue weighted by Crippen LogP contribution is -2.27. The molecule has 0 saturated carbocycles. The topological polar surface area (TPSA) is 84.9 Å². The molecule has 0 aliphatic rings. The lowest BCUT2D eigenvalue weighted by atomic mass is 10.1. The lowest BCUT2D eigenvalue weighted by molar-refractivity contribution is 0.0992. The first-order chi connectivity index (χ1) is 15.6. The minimum atomic E-state index is -4.05. The van der Waals surface area contributed by atoms with E-state index in [1.54, 1.807) is 20.0 Å². The van der Waals surface area contributed by atoms with Crippen LogP contribution in [0.15, 0.2) is 59.5 Å². The number of benzene rings is 3. The highest BCUT2D eigenvalue weighted by atomic mass is 35.5. The number of hydrogen-bond acceptors (Lipinski definition) is 5. The van der Waals surface area contributed by atoms with Gasteiger partial charge in [0, 0.05) is 24.4 Å². The molecule has 33 heavy (non-hydrogen) atoms. The Morgan fingerprint density at radius 2 is 1.58 bits per heavy atom. The van der Waals surface area contributed by atoms with Gasteiger partial charge in [-0.15, -0.1) is 0 Å². The monoisotopic (exact) mass is 488 g/mol. The molecule has 1 amide bonds. The Balaban J connectivity index is 1.96. The minimum Gasteiger partial charge on any atom is -0.495 e. The highest BCUT2D eigenvalue weighted by molar-refractivity contribution is 7.92. The van der Waals surface area contributed by atoms with Crippen LogP contribution < -0.4 is 19.1 Å². The van der Waals surface area contributed by atoms with Crippen LogP contribution in [0.1, 0.15) is 21.5 Å². The first kappa shape index (κ1) is 24.4. The van der Waals surface area contributed by atoms with E-state index in [-0.39, 0.29) is 32.8 Å². The number of nitrogens with zero attached hydrogens (tertiary/aromatic N) is 1. The van der Waals surface area contributed by atoms with Crippen LogP contribution in [-0.2, 0) is 10.0 Å². The van der Waals surface area contributed by atoms with Crippen molar-refractivity contribution < 1.29 is 22.7 Å². The van der Waals surface area contributed by atoms with Crippen LogP contribution in [-0.4, -0.2) is 35.6 Å². The van der Waals surface area contributed by atoms with Gasteiger partial charge in [-0.25, -0.2) is 8.42 Å². The zero-order valence-electron chi connectivity index (χ0n) is 19.0. The molecular weight excluding hydrogens is 464 g/mol. The summed E-state index contributed by atoms with van der Waals surface area (Å²) in [5.41, 5.74) is 2.86. The summed E-state index contributed by atoms with van der Waals surface area (Å²) < 4.78 is 39.2. The van der Waals surface area contributed by atoms with Gasteiger partial charge in [0.1, 0.15) is 11.5 Å². The summed E-state index contributed by atoms with van der Waals surface area (Å²) in [4.78, 5) is 14.6. The van der Waals surface area contributed by atoms with E-state index in [1.165, 1.54) is 43.4 Å². The maximum absolute atomic E-state index is 13.2. The van der Waals surface area contributed by atoms with E-state index in [1.807, 2.05) is 31.2 Å². The first-order valence-corrected chi connectivity index (χ1v) is 11.8. The predicted octanol–water partition coefficient (Wildman–Crippen LogP) is 5.05. The van der Waals surface area contributed by atoms with Crippen LogP contribution >= 0.6 is 11.6 Å². The third-order valence-electron chi connectivity index (χ3n) is 5.19. The molecule has 0 aliphatic heterocycles. The molecule has 0 bridgehead atoms. The highest BCUT2D eigenvalue weighted by Crippen LogP contribution is 2.37. The number of aryl methyl sites for hydroxylation is 2. The van der Waals surface area contributed by atoms with Gasteiger partial charge in [0.05, 0.1) is 29.8 Å². The van der Waals surface area contributed by atoms with Gasteiger partial charge in [0.2, 0.25) is 0 Å². The maximum atomic E-state index is 13.2. The van der Waals surface area contributed by atoms with Crippen LogP contribution in [0.2, 0.25) is 5.02 Å². The second kappa shape index (κ2) is 9.72. The molecule has 0 unspecified atom stereocenters. The Morgan fingerprint density at radius 3 is 2.18 bits per heavy atom. The number of nitrogens with one attached hydrogen (secondary N) is 1. The second-order valence-corrected chi connectivity index (χ2v) is 9.56. The Labute approximate surface area is 198 Å². The van der Waals surface area contributed by atoms with Crippen molar-refractivity contribution in [2.75, 3.05) is 30.9 Å². The predicted molar refractivity (Wildman–Crippen MR) is 130 cm³/mol. The number of carbonyl (C=O) groups excluding carboxylic acids is 1. The number of hydrogen-bond donors (Lipinski definition) is 1. The van der Waals surface area contributed by atoms with Gasteiger partial charge >= 0.3 is 0 Å². The van der Waals surface area contributed by atoms with Gasteiger partial charge in [0.25, 0.3) is 15.9 Å². The fourth-order valence-electron chi connectivity index (χ4n) is 3.21. The molecule has 0 spiro atoms. The van der Waals surface area contributed by atoms with Crippen molar-refractivity contribution >= 4 is 38.9 Å². The zero-order chi connectivity index (χ0) is 24.3. The van der Waals surface area contributed by atoms with E-state index >= 15 is 0 Å². The van der Waals surface area contributed by atoms with Gasteiger partial charge in [-0.1, -0.05) is 35.4 Å². The quantitative estimate of drug-likeness (QED) is 0.503. The zero-order valence-corrected chi connectivity index (χ0v) is 20.5. The first-order valence-electron chi connectivity index (χ1n) is 9.97. The third-order valence-corrected chi connectivity index (χ3v) is 6.85. The van der Waals surface area contributed by atoms with E-state index < -0.39 is 10.0 Å². The number of methoxy groups -OCH3 is 2. The molecule has 3 aromatic rings. The summed E-state index contributed by atoms with van der Waals surface area (Å²) in [6, 6.07) is 14.8. The number of carbonyl (C=O) groups is 1. The summed E-state index contributed by atoms with van der Waals surface area (Å²) in [6.45, 7) is 3.72. The van der Waals surface area contributed by atoms with Crippen molar-refractivity contribution in [3.8, 4) is 11.5 Å². The molecule has 0 atom stereocenters. The number of anilines is 2. The van der Waals surface area contributed by atoms with E-state index in [2.05, 4.69) is 4.72 Å². The molecule has 9 heteroatoms. The van der Waals surface area contributed by atoms with Crippen molar-refractivity contribution in [2.45, 2.75) is 18.7 Å². The van der Waals surface area contributed by atoms with Crippen LogP contribution in [0, 0.1) is 13.8 Å². The maximum Gasteiger partial charge on any atom is 0.262 e. The van der Waals surface area contributed by atoms with E-state index in [0.717, 1.165) is 5.56 Å². The third kappa shape index (κ3) is 5.23. The fourth-order valence-corrected chi connectivity index (χ4v) is 4.54.